The normalized spacial score (nSPS) is 14.2. The Morgan fingerprint density at radius 2 is 1.86 bits per heavy atom. The van der Waals surface area contributed by atoms with Gasteiger partial charge in [-0.15, -0.1) is 0 Å². The summed E-state index contributed by atoms with van der Waals surface area (Å²) in [6, 6.07) is 15.1. The molecule has 5 nitrogen and oxygen atoms in total. The molecule has 0 bridgehead atoms. The number of likely N-dealkylation sites (tertiary alicyclic amines) is 1. The second kappa shape index (κ2) is 7.89. The largest absolute Gasteiger partial charge is 0.451 e. The number of carbonyl (C=O) groups is 2. The Kier molecular flexibility index (Phi) is 5.15. The lowest BCUT2D eigenvalue weighted by Gasteiger charge is -2.26. The zero-order valence-corrected chi connectivity index (χ0v) is 16.0. The van der Waals surface area contributed by atoms with E-state index in [0.29, 0.717) is 23.5 Å². The van der Waals surface area contributed by atoms with Gasteiger partial charge < -0.3 is 14.6 Å². The van der Waals surface area contributed by atoms with Crippen molar-refractivity contribution in [3.05, 3.63) is 71.0 Å². The first-order valence-corrected chi connectivity index (χ1v) is 9.77. The highest BCUT2D eigenvalue weighted by atomic mass is 16.3. The fourth-order valence-electron chi connectivity index (χ4n) is 3.64. The Morgan fingerprint density at radius 1 is 1.04 bits per heavy atom. The number of nitrogens with zero attached hydrogens (tertiary/aromatic N) is 1. The summed E-state index contributed by atoms with van der Waals surface area (Å²) in [6.45, 7) is 4.00. The summed E-state index contributed by atoms with van der Waals surface area (Å²) in [5.74, 6) is 0.100. The Hall–Kier alpha value is -3.08. The molecule has 2 heterocycles. The lowest BCUT2D eigenvalue weighted by molar-refractivity contribution is 0.0724. The van der Waals surface area contributed by atoms with Crippen LogP contribution in [-0.2, 0) is 6.54 Å². The molecule has 28 heavy (non-hydrogen) atoms. The summed E-state index contributed by atoms with van der Waals surface area (Å²) in [6.07, 6.45) is 3.33. The standard InChI is InChI=1S/C23H24N2O3/c1-16-8-9-20-19(12-16)14-21(28-20)22(26)24-15-17-6-5-7-18(13-17)23(27)25-10-3-2-4-11-25/h5-9,12-14H,2-4,10-11,15H2,1H3,(H,24,26). The van der Waals surface area contributed by atoms with Gasteiger partial charge in [0.05, 0.1) is 0 Å². The summed E-state index contributed by atoms with van der Waals surface area (Å²) in [5.41, 5.74) is 3.39. The summed E-state index contributed by atoms with van der Waals surface area (Å²) >= 11 is 0. The lowest BCUT2D eigenvalue weighted by atomic mass is 10.1. The zero-order chi connectivity index (χ0) is 19.5. The number of aryl methyl sites for hydroxylation is 1. The highest BCUT2D eigenvalue weighted by Crippen LogP contribution is 2.21. The van der Waals surface area contributed by atoms with E-state index in [0.717, 1.165) is 42.4 Å². The molecule has 1 fully saturated rings. The number of furan rings is 1. The maximum absolute atomic E-state index is 12.7. The SMILES string of the molecule is Cc1ccc2oc(C(=O)NCc3cccc(C(=O)N4CCCCC4)c3)cc2c1. The minimum absolute atomic E-state index is 0.0699. The van der Waals surface area contributed by atoms with Gasteiger partial charge in [0, 0.05) is 30.6 Å². The van der Waals surface area contributed by atoms with Crippen molar-refractivity contribution < 1.29 is 14.0 Å². The molecule has 1 aliphatic heterocycles. The maximum Gasteiger partial charge on any atom is 0.287 e. The van der Waals surface area contributed by atoms with Crippen molar-refractivity contribution in [2.75, 3.05) is 13.1 Å². The van der Waals surface area contributed by atoms with Crippen molar-refractivity contribution >= 4 is 22.8 Å². The number of amides is 2. The molecule has 2 aromatic carbocycles. The van der Waals surface area contributed by atoms with Crippen LogP contribution >= 0.6 is 0 Å². The first-order chi connectivity index (χ1) is 13.6. The monoisotopic (exact) mass is 376 g/mol. The molecule has 1 saturated heterocycles. The fraction of sp³-hybridized carbons (Fsp3) is 0.304. The van der Waals surface area contributed by atoms with Gasteiger partial charge in [-0.1, -0.05) is 23.8 Å². The van der Waals surface area contributed by atoms with E-state index in [-0.39, 0.29) is 11.8 Å². The smallest absolute Gasteiger partial charge is 0.287 e. The molecule has 5 heteroatoms. The van der Waals surface area contributed by atoms with Gasteiger partial charge in [-0.3, -0.25) is 9.59 Å². The molecule has 2 amide bonds. The van der Waals surface area contributed by atoms with Crippen LogP contribution in [0, 0.1) is 6.92 Å². The zero-order valence-electron chi connectivity index (χ0n) is 16.0. The Labute approximate surface area is 164 Å². The number of rotatable bonds is 4. The van der Waals surface area contributed by atoms with E-state index in [4.69, 9.17) is 4.42 Å². The molecule has 0 radical (unpaired) electrons. The Morgan fingerprint density at radius 3 is 2.68 bits per heavy atom. The molecule has 0 saturated carbocycles. The van der Waals surface area contributed by atoms with E-state index >= 15 is 0 Å². The number of fused-ring (bicyclic) bond motifs is 1. The summed E-state index contributed by atoms with van der Waals surface area (Å²) in [5, 5.41) is 3.79. The van der Waals surface area contributed by atoms with Crippen molar-refractivity contribution in [3.63, 3.8) is 0 Å². The van der Waals surface area contributed by atoms with Crippen LogP contribution < -0.4 is 5.32 Å². The van der Waals surface area contributed by atoms with E-state index < -0.39 is 0 Å². The molecular formula is C23H24N2O3. The topological polar surface area (TPSA) is 62.6 Å². The van der Waals surface area contributed by atoms with Gasteiger partial charge in [-0.2, -0.15) is 0 Å². The van der Waals surface area contributed by atoms with Gasteiger partial charge >= 0.3 is 0 Å². The minimum atomic E-state index is -0.262. The van der Waals surface area contributed by atoms with Gasteiger partial charge in [0.2, 0.25) is 0 Å². The molecule has 0 aliphatic carbocycles. The van der Waals surface area contributed by atoms with E-state index in [1.165, 1.54) is 6.42 Å². The second-order valence-electron chi connectivity index (χ2n) is 7.39. The first kappa shape index (κ1) is 18.3. The molecule has 1 N–H and O–H groups in total. The third-order valence-corrected chi connectivity index (χ3v) is 5.17. The molecule has 4 rings (SSSR count). The summed E-state index contributed by atoms with van der Waals surface area (Å²) in [4.78, 5) is 27.0. The summed E-state index contributed by atoms with van der Waals surface area (Å²) in [7, 11) is 0. The van der Waals surface area contributed by atoms with Crippen LogP contribution in [0.25, 0.3) is 11.0 Å². The Balaban J connectivity index is 1.42. The van der Waals surface area contributed by atoms with Crippen LogP contribution in [0.4, 0.5) is 0 Å². The van der Waals surface area contributed by atoms with Gasteiger partial charge in [-0.05, 0) is 62.1 Å². The maximum atomic E-state index is 12.7. The first-order valence-electron chi connectivity index (χ1n) is 9.77. The van der Waals surface area contributed by atoms with Crippen molar-refractivity contribution in [2.24, 2.45) is 0 Å². The quantitative estimate of drug-likeness (QED) is 0.738. The third kappa shape index (κ3) is 3.93. The Bertz CT molecular complexity index is 1020. The van der Waals surface area contributed by atoms with Crippen LogP contribution in [-0.4, -0.2) is 29.8 Å². The van der Waals surface area contributed by atoms with Gasteiger partial charge in [0.25, 0.3) is 11.8 Å². The van der Waals surface area contributed by atoms with Crippen LogP contribution in [0.5, 0.6) is 0 Å². The average molecular weight is 376 g/mol. The predicted molar refractivity (Wildman–Crippen MR) is 108 cm³/mol. The molecule has 0 spiro atoms. The average Bonchev–Trinajstić information content (AvgIpc) is 3.15. The number of piperidine rings is 1. The molecule has 0 unspecified atom stereocenters. The van der Waals surface area contributed by atoms with E-state index in [9.17, 15) is 9.59 Å². The van der Waals surface area contributed by atoms with Crippen molar-refractivity contribution in [3.8, 4) is 0 Å². The molecule has 1 aliphatic rings. The van der Waals surface area contributed by atoms with Gasteiger partial charge in [-0.25, -0.2) is 0 Å². The fourth-order valence-corrected chi connectivity index (χ4v) is 3.64. The van der Waals surface area contributed by atoms with Gasteiger partial charge in [0.1, 0.15) is 5.58 Å². The van der Waals surface area contributed by atoms with E-state index in [1.807, 2.05) is 54.3 Å². The predicted octanol–water partition coefficient (Wildman–Crippen LogP) is 4.30. The highest BCUT2D eigenvalue weighted by molar-refractivity contribution is 5.96. The molecular weight excluding hydrogens is 352 g/mol. The molecule has 3 aromatic rings. The molecule has 144 valence electrons. The van der Waals surface area contributed by atoms with Crippen LogP contribution in [0.15, 0.2) is 52.9 Å². The van der Waals surface area contributed by atoms with Crippen molar-refractivity contribution in [1.29, 1.82) is 0 Å². The summed E-state index contributed by atoms with van der Waals surface area (Å²) < 4.78 is 5.64. The number of hydrogen-bond acceptors (Lipinski definition) is 3. The van der Waals surface area contributed by atoms with Crippen molar-refractivity contribution in [2.45, 2.75) is 32.7 Å². The third-order valence-electron chi connectivity index (χ3n) is 5.17. The molecule has 1 aromatic heterocycles. The minimum Gasteiger partial charge on any atom is -0.451 e. The van der Waals surface area contributed by atoms with Crippen LogP contribution in [0.3, 0.4) is 0 Å². The van der Waals surface area contributed by atoms with Crippen LogP contribution in [0.1, 0.15) is 51.3 Å². The lowest BCUT2D eigenvalue weighted by Crippen LogP contribution is -2.35. The van der Waals surface area contributed by atoms with E-state index in [1.54, 1.807) is 6.07 Å². The van der Waals surface area contributed by atoms with Gasteiger partial charge in [0.15, 0.2) is 5.76 Å². The number of benzene rings is 2. The molecule has 0 atom stereocenters. The van der Waals surface area contributed by atoms with Crippen LogP contribution in [0.2, 0.25) is 0 Å². The highest BCUT2D eigenvalue weighted by Gasteiger charge is 2.18. The van der Waals surface area contributed by atoms with E-state index in [2.05, 4.69) is 5.32 Å². The number of carbonyl (C=O) groups excluding carboxylic acids is 2. The number of hydrogen-bond donors (Lipinski definition) is 1. The number of nitrogens with one attached hydrogen (secondary N) is 1. The second-order valence-corrected chi connectivity index (χ2v) is 7.39. The van der Waals surface area contributed by atoms with Crippen molar-refractivity contribution in [1.82, 2.24) is 10.2 Å².